The number of rotatable bonds is 18. The Bertz CT molecular complexity index is 2790. The number of phenolic OH excluding ortho intramolecular Hbond substituents is 1. The standard InChI is InChI=1S/C56H61N5O9/c62-48-24-22-46(47-23-25-51(64)58-53(47)48)49(63)34-57-33-37-14-18-41(19-15-37)54(65)61(44-11-5-2-6-12-44)30-31-68-55(66)42-20-16-38(17-21-42)36-69-45-13-7-10-43(32-45)52(40-8-3-1-4-9-40)59-56(67)70-50-35-60-28-26-39(50)27-29-60/h1,3-4,7-10,13-25,32,39,44,49-50,52,57,62-63H,2,5-6,11-12,26-31,33-36H2,(H,58,64)(H,59,67)/t49-,50+,52-/m0/s1. The number of benzene rings is 5. The lowest BCUT2D eigenvalue weighted by Gasteiger charge is -2.43. The highest BCUT2D eigenvalue weighted by molar-refractivity contribution is 5.94. The number of piperidine rings is 3. The highest BCUT2D eigenvalue weighted by Gasteiger charge is 2.37. The number of aromatic nitrogens is 1. The number of carbonyl (C=O) groups is 3. The molecule has 14 heteroatoms. The van der Waals surface area contributed by atoms with Crippen molar-refractivity contribution < 1.29 is 38.8 Å². The van der Waals surface area contributed by atoms with Crippen molar-refractivity contribution in [3.8, 4) is 11.5 Å². The van der Waals surface area contributed by atoms with Gasteiger partial charge in [-0.1, -0.05) is 92.1 Å². The summed E-state index contributed by atoms with van der Waals surface area (Å²) in [6.45, 7) is 4.16. The number of aromatic hydroxyl groups is 1. The van der Waals surface area contributed by atoms with Crippen molar-refractivity contribution in [3.63, 3.8) is 0 Å². The second kappa shape index (κ2) is 22.6. The normalized spacial score (nSPS) is 18.7. The first-order valence-corrected chi connectivity index (χ1v) is 24.5. The maximum Gasteiger partial charge on any atom is 0.408 e. The molecule has 364 valence electrons. The SMILES string of the molecule is O=C(N[C@@H](c1ccccc1)c1cccc(OCc2ccc(C(=O)OCCN(C(=O)c3ccc(CNC[C@H](O)c4ccc(O)c5[nH]c(=O)ccc45)cc3)C3CCCCC3)cc2)c1)O[C@@H]1CN2CCC1CC2. The summed E-state index contributed by atoms with van der Waals surface area (Å²) in [5.74, 6) is 0.387. The number of hydrogen-bond acceptors (Lipinski definition) is 11. The summed E-state index contributed by atoms with van der Waals surface area (Å²) in [7, 11) is 0. The molecular weight excluding hydrogens is 887 g/mol. The third-order valence-corrected chi connectivity index (χ3v) is 14.0. The Hall–Kier alpha value is -7.00. The largest absolute Gasteiger partial charge is 0.506 e. The number of aliphatic hydroxyl groups excluding tert-OH is 1. The first-order chi connectivity index (χ1) is 34.1. The molecule has 1 aromatic heterocycles. The van der Waals surface area contributed by atoms with E-state index in [1.165, 1.54) is 12.1 Å². The Morgan fingerprint density at radius 2 is 1.51 bits per heavy atom. The van der Waals surface area contributed by atoms with E-state index in [1.54, 1.807) is 36.4 Å². The molecule has 10 rings (SSSR count). The minimum Gasteiger partial charge on any atom is -0.506 e. The third kappa shape index (κ3) is 11.9. The van der Waals surface area contributed by atoms with E-state index in [9.17, 15) is 29.4 Å². The number of aliphatic hydroxyl groups is 1. The number of H-pyrrole nitrogens is 1. The number of nitrogens with zero attached hydrogens (tertiary/aromatic N) is 2. The predicted octanol–water partition coefficient (Wildman–Crippen LogP) is 8.18. The molecule has 2 bridgehead atoms. The number of pyridine rings is 1. The summed E-state index contributed by atoms with van der Waals surface area (Å²) in [5, 5.41) is 28.1. The second-order valence-electron chi connectivity index (χ2n) is 18.7. The number of phenols is 1. The maximum atomic E-state index is 14.0. The van der Waals surface area contributed by atoms with Crippen LogP contribution in [0.15, 0.2) is 132 Å². The fourth-order valence-electron chi connectivity index (χ4n) is 10.1. The average molecular weight is 948 g/mol. The van der Waals surface area contributed by atoms with Gasteiger partial charge < -0.3 is 44.9 Å². The number of hydrogen-bond donors (Lipinski definition) is 5. The van der Waals surface area contributed by atoms with Crippen LogP contribution >= 0.6 is 0 Å². The van der Waals surface area contributed by atoms with Gasteiger partial charge in [-0.3, -0.25) is 14.5 Å². The van der Waals surface area contributed by atoms with Gasteiger partial charge in [0.25, 0.3) is 5.91 Å². The Morgan fingerprint density at radius 3 is 2.26 bits per heavy atom. The molecule has 3 saturated heterocycles. The Balaban J connectivity index is 0.758. The lowest BCUT2D eigenvalue weighted by atomic mass is 9.86. The third-order valence-electron chi connectivity index (χ3n) is 14.0. The Labute approximate surface area is 407 Å². The lowest BCUT2D eigenvalue weighted by molar-refractivity contribution is -0.0336. The molecule has 6 aromatic rings. The van der Waals surface area contributed by atoms with Crippen LogP contribution in [0.3, 0.4) is 0 Å². The molecule has 4 heterocycles. The fraction of sp³-hybridized carbons (Fsp3) is 0.357. The number of carbonyl (C=O) groups excluding carboxylic acids is 3. The van der Waals surface area contributed by atoms with Crippen LogP contribution in [0, 0.1) is 5.92 Å². The molecule has 14 nitrogen and oxygen atoms in total. The van der Waals surface area contributed by atoms with Gasteiger partial charge in [-0.25, -0.2) is 9.59 Å². The molecule has 5 N–H and O–H groups in total. The van der Waals surface area contributed by atoms with Gasteiger partial charge in [-0.15, -0.1) is 0 Å². The number of amides is 2. The van der Waals surface area contributed by atoms with Crippen LogP contribution in [0.2, 0.25) is 0 Å². The van der Waals surface area contributed by atoms with Crippen molar-refractivity contribution in [2.75, 3.05) is 39.3 Å². The van der Waals surface area contributed by atoms with Gasteiger partial charge in [0.15, 0.2) is 0 Å². The van der Waals surface area contributed by atoms with Crippen LogP contribution in [-0.2, 0) is 22.6 Å². The Kier molecular flexibility index (Phi) is 15.5. The second-order valence-corrected chi connectivity index (χ2v) is 18.7. The van der Waals surface area contributed by atoms with E-state index in [0.717, 1.165) is 86.8 Å². The van der Waals surface area contributed by atoms with Crippen molar-refractivity contribution in [1.29, 1.82) is 0 Å². The number of ether oxygens (including phenoxy) is 3. The first-order valence-electron chi connectivity index (χ1n) is 24.5. The molecule has 70 heavy (non-hydrogen) atoms. The van der Waals surface area contributed by atoms with Gasteiger partial charge in [0.05, 0.1) is 29.8 Å². The molecule has 1 aliphatic carbocycles. The lowest BCUT2D eigenvalue weighted by Crippen LogP contribution is -2.52. The Morgan fingerprint density at radius 1 is 0.786 bits per heavy atom. The zero-order valence-electron chi connectivity index (χ0n) is 39.3. The highest BCUT2D eigenvalue weighted by atomic mass is 16.6. The van der Waals surface area contributed by atoms with Crippen LogP contribution < -0.4 is 20.9 Å². The van der Waals surface area contributed by atoms with E-state index in [4.69, 9.17) is 14.2 Å². The van der Waals surface area contributed by atoms with Crippen LogP contribution in [0.25, 0.3) is 10.9 Å². The smallest absolute Gasteiger partial charge is 0.408 e. The molecule has 0 unspecified atom stereocenters. The molecule has 4 aliphatic rings. The highest BCUT2D eigenvalue weighted by Crippen LogP contribution is 2.32. The van der Waals surface area contributed by atoms with Crippen molar-refractivity contribution in [2.24, 2.45) is 5.92 Å². The topological polar surface area (TPSA) is 183 Å². The minimum atomic E-state index is -0.897. The van der Waals surface area contributed by atoms with E-state index in [0.29, 0.717) is 40.3 Å². The maximum absolute atomic E-state index is 14.0. The molecule has 0 radical (unpaired) electrons. The number of nitrogens with one attached hydrogen (secondary N) is 3. The molecule has 2 amide bonds. The van der Waals surface area contributed by atoms with Gasteiger partial charge in [-0.05, 0) is 121 Å². The van der Waals surface area contributed by atoms with E-state index >= 15 is 0 Å². The van der Waals surface area contributed by atoms with Crippen LogP contribution in [0.1, 0.15) is 106 Å². The predicted molar refractivity (Wildman–Crippen MR) is 266 cm³/mol. The molecule has 3 aliphatic heterocycles. The van der Waals surface area contributed by atoms with Gasteiger partial charge in [0.1, 0.15) is 30.8 Å². The summed E-state index contributed by atoms with van der Waals surface area (Å²) in [6.07, 6.45) is 5.66. The van der Waals surface area contributed by atoms with Crippen molar-refractivity contribution >= 4 is 28.9 Å². The molecule has 1 saturated carbocycles. The summed E-state index contributed by atoms with van der Waals surface area (Å²) in [4.78, 5) is 59.2. The molecule has 5 aromatic carbocycles. The fourth-order valence-corrected chi connectivity index (χ4v) is 10.1. The van der Waals surface area contributed by atoms with E-state index < -0.39 is 24.2 Å². The zero-order valence-corrected chi connectivity index (χ0v) is 39.3. The van der Waals surface area contributed by atoms with Gasteiger partial charge in [0.2, 0.25) is 5.56 Å². The minimum absolute atomic E-state index is 0.0494. The quantitative estimate of drug-likeness (QED) is 0.0524. The summed E-state index contributed by atoms with van der Waals surface area (Å²) >= 11 is 0. The van der Waals surface area contributed by atoms with Crippen molar-refractivity contribution in [3.05, 3.63) is 177 Å². The number of aromatic amines is 1. The zero-order chi connectivity index (χ0) is 48.4. The van der Waals surface area contributed by atoms with Gasteiger partial charge in [-0.2, -0.15) is 0 Å². The molecule has 3 atom stereocenters. The monoisotopic (exact) mass is 947 g/mol. The first kappa shape index (κ1) is 48.0. The van der Waals surface area contributed by atoms with Crippen LogP contribution in [0.5, 0.6) is 11.5 Å². The summed E-state index contributed by atoms with van der Waals surface area (Å²) < 4.78 is 18.0. The van der Waals surface area contributed by atoms with Gasteiger partial charge in [0, 0.05) is 42.7 Å². The van der Waals surface area contributed by atoms with E-state index in [1.807, 2.05) is 83.8 Å². The van der Waals surface area contributed by atoms with E-state index in [-0.39, 0.29) is 61.2 Å². The molecule has 4 fully saturated rings. The average Bonchev–Trinajstić information content (AvgIpc) is 3.40. The number of fused-ring (bicyclic) bond motifs is 4. The summed E-state index contributed by atoms with van der Waals surface area (Å²) in [5.41, 5.74) is 5.02. The molecular formula is C56H61N5O9. The molecule has 0 spiro atoms. The van der Waals surface area contributed by atoms with Crippen LogP contribution in [0.4, 0.5) is 4.79 Å². The number of alkyl carbamates (subject to hydrolysis) is 1. The summed E-state index contributed by atoms with van der Waals surface area (Å²) in [6, 6.07) is 37.6. The van der Waals surface area contributed by atoms with Crippen LogP contribution in [-0.4, -0.2) is 94.4 Å². The van der Waals surface area contributed by atoms with Gasteiger partial charge >= 0.3 is 12.1 Å². The van der Waals surface area contributed by atoms with E-state index in [2.05, 4.69) is 20.5 Å². The van der Waals surface area contributed by atoms with Crippen molar-refractivity contribution in [2.45, 2.75) is 82.4 Å². The number of esters is 1. The van der Waals surface area contributed by atoms with Crippen molar-refractivity contribution in [1.82, 2.24) is 25.4 Å².